The molecule has 1 fully saturated rings. The number of aromatic nitrogens is 1. The average molecular weight is 545 g/mol. The number of thiocarbonyl (C=S) groups is 1. The van der Waals surface area contributed by atoms with Crippen molar-refractivity contribution in [3.05, 3.63) is 108 Å². The predicted molar refractivity (Wildman–Crippen MR) is 147 cm³/mol. The molecule has 1 aliphatic heterocycles. The zero-order valence-corrected chi connectivity index (χ0v) is 21.8. The average Bonchev–Trinajstić information content (AvgIpc) is 3.58. The molecule has 2 aromatic heterocycles. The van der Waals surface area contributed by atoms with Gasteiger partial charge in [0.25, 0.3) is 0 Å². The minimum absolute atomic E-state index is 0.146. The summed E-state index contributed by atoms with van der Waals surface area (Å²) in [5.74, 6) is 0.249. The van der Waals surface area contributed by atoms with Gasteiger partial charge in [-0.3, -0.25) is 9.78 Å². The van der Waals surface area contributed by atoms with E-state index in [1.807, 2.05) is 35.2 Å². The monoisotopic (exact) mass is 544 g/mol. The lowest BCUT2D eigenvalue weighted by molar-refractivity contribution is -0.116. The molecule has 0 radical (unpaired) electrons. The van der Waals surface area contributed by atoms with Crippen LogP contribution in [0.2, 0.25) is 0 Å². The maximum Gasteiger partial charge on any atom is 0.337 e. The second-order valence-electron chi connectivity index (χ2n) is 8.90. The summed E-state index contributed by atoms with van der Waals surface area (Å²) in [6.07, 6.45) is 1.86. The topological polar surface area (TPSA) is 96.7 Å². The standard InChI is InChI=1S/C29H25FN4O4S/c1-37-28(36)19-7-5-18(6-8-19)23-13-14-24(38-23)27-26(22-4-2-3-16-31-22)33-29(39)34(27)17-15-25(35)32-21-11-9-20(30)10-12-21/h2-14,16,26-27H,15,17H2,1H3,(H,32,35)(H,33,39)/t26-,27-/m1/s1. The molecule has 2 atom stereocenters. The highest BCUT2D eigenvalue weighted by Crippen LogP contribution is 2.40. The van der Waals surface area contributed by atoms with E-state index < -0.39 is 5.97 Å². The Bertz CT molecular complexity index is 1480. The number of anilines is 1. The number of ether oxygens (including phenoxy) is 1. The number of rotatable bonds is 8. The quantitative estimate of drug-likeness (QED) is 0.229. The van der Waals surface area contributed by atoms with Crippen molar-refractivity contribution in [2.75, 3.05) is 19.0 Å². The molecule has 0 aliphatic carbocycles. The molecule has 0 bridgehead atoms. The third-order valence-corrected chi connectivity index (χ3v) is 6.77. The van der Waals surface area contributed by atoms with Crippen LogP contribution in [-0.2, 0) is 9.53 Å². The Morgan fingerprint density at radius 1 is 1.08 bits per heavy atom. The summed E-state index contributed by atoms with van der Waals surface area (Å²) in [5.41, 5.74) is 2.53. The molecule has 1 aliphatic rings. The lowest BCUT2D eigenvalue weighted by Gasteiger charge is -2.25. The molecule has 198 valence electrons. The Morgan fingerprint density at radius 3 is 2.54 bits per heavy atom. The number of benzene rings is 2. The number of methoxy groups -OCH3 is 1. The van der Waals surface area contributed by atoms with E-state index in [9.17, 15) is 14.0 Å². The van der Waals surface area contributed by atoms with Crippen molar-refractivity contribution in [2.45, 2.75) is 18.5 Å². The fraction of sp³-hybridized carbons (Fsp3) is 0.172. The molecule has 10 heteroatoms. The highest BCUT2D eigenvalue weighted by Gasteiger charge is 2.41. The zero-order valence-electron chi connectivity index (χ0n) is 21.0. The highest BCUT2D eigenvalue weighted by molar-refractivity contribution is 7.80. The van der Waals surface area contributed by atoms with Gasteiger partial charge in [-0.2, -0.15) is 0 Å². The van der Waals surface area contributed by atoms with Gasteiger partial charge in [0.1, 0.15) is 23.4 Å². The van der Waals surface area contributed by atoms with Crippen LogP contribution in [0.3, 0.4) is 0 Å². The number of furan rings is 1. The number of amides is 1. The van der Waals surface area contributed by atoms with Crippen LogP contribution in [0, 0.1) is 5.82 Å². The first-order chi connectivity index (χ1) is 18.9. The van der Waals surface area contributed by atoms with Gasteiger partial charge in [-0.15, -0.1) is 0 Å². The lowest BCUT2D eigenvalue weighted by atomic mass is 10.0. The van der Waals surface area contributed by atoms with Gasteiger partial charge in [-0.1, -0.05) is 18.2 Å². The third-order valence-electron chi connectivity index (χ3n) is 6.41. The van der Waals surface area contributed by atoms with Crippen LogP contribution in [0.5, 0.6) is 0 Å². The fourth-order valence-corrected chi connectivity index (χ4v) is 4.82. The van der Waals surface area contributed by atoms with Gasteiger partial charge in [-0.25, -0.2) is 9.18 Å². The molecular weight excluding hydrogens is 519 g/mol. The predicted octanol–water partition coefficient (Wildman–Crippen LogP) is 5.27. The number of nitrogens with one attached hydrogen (secondary N) is 2. The number of carbonyl (C=O) groups excluding carboxylic acids is 2. The summed E-state index contributed by atoms with van der Waals surface area (Å²) in [7, 11) is 1.34. The van der Waals surface area contributed by atoms with Crippen molar-refractivity contribution in [1.82, 2.24) is 15.2 Å². The maximum atomic E-state index is 13.2. The molecule has 4 aromatic rings. The largest absolute Gasteiger partial charge is 0.465 e. The van der Waals surface area contributed by atoms with Crippen LogP contribution in [-0.4, -0.2) is 40.5 Å². The molecule has 39 heavy (non-hydrogen) atoms. The Kier molecular flexibility index (Phi) is 7.64. The summed E-state index contributed by atoms with van der Waals surface area (Å²) < 4.78 is 24.3. The maximum absolute atomic E-state index is 13.2. The molecule has 3 heterocycles. The van der Waals surface area contributed by atoms with Crippen LogP contribution in [0.1, 0.15) is 40.3 Å². The normalized spacial score (nSPS) is 16.6. The van der Waals surface area contributed by atoms with Crippen molar-refractivity contribution in [3.8, 4) is 11.3 Å². The second kappa shape index (κ2) is 11.4. The fourth-order valence-electron chi connectivity index (χ4n) is 4.49. The minimum Gasteiger partial charge on any atom is -0.465 e. The lowest BCUT2D eigenvalue weighted by Crippen LogP contribution is -2.32. The van der Waals surface area contributed by atoms with E-state index >= 15 is 0 Å². The van der Waals surface area contributed by atoms with Crippen LogP contribution in [0.25, 0.3) is 11.3 Å². The van der Waals surface area contributed by atoms with Crippen molar-refractivity contribution in [1.29, 1.82) is 0 Å². The molecule has 1 saturated heterocycles. The van der Waals surface area contributed by atoms with Gasteiger partial charge in [0.15, 0.2) is 5.11 Å². The molecule has 0 unspecified atom stereocenters. The summed E-state index contributed by atoms with van der Waals surface area (Å²) in [6.45, 7) is 0.316. The first-order valence-corrected chi connectivity index (χ1v) is 12.7. The summed E-state index contributed by atoms with van der Waals surface area (Å²) in [4.78, 5) is 30.9. The van der Waals surface area contributed by atoms with E-state index in [0.29, 0.717) is 34.4 Å². The Morgan fingerprint density at radius 2 is 1.85 bits per heavy atom. The number of esters is 1. The van der Waals surface area contributed by atoms with Crippen molar-refractivity contribution < 1.29 is 23.1 Å². The molecule has 0 spiro atoms. The summed E-state index contributed by atoms with van der Waals surface area (Å²) >= 11 is 5.67. The Balaban J connectivity index is 1.38. The van der Waals surface area contributed by atoms with E-state index in [-0.39, 0.29) is 30.2 Å². The zero-order chi connectivity index (χ0) is 27.4. The Labute approximate surface area is 229 Å². The van der Waals surface area contributed by atoms with Crippen LogP contribution in [0.4, 0.5) is 10.1 Å². The molecule has 2 N–H and O–H groups in total. The first-order valence-electron chi connectivity index (χ1n) is 12.2. The molecule has 0 saturated carbocycles. The number of pyridine rings is 1. The number of nitrogens with zero attached hydrogens (tertiary/aromatic N) is 2. The van der Waals surface area contributed by atoms with E-state index in [4.69, 9.17) is 21.4 Å². The number of hydrogen-bond acceptors (Lipinski definition) is 6. The van der Waals surface area contributed by atoms with E-state index in [1.165, 1.54) is 31.4 Å². The highest BCUT2D eigenvalue weighted by atomic mass is 32.1. The number of halogens is 1. The van der Waals surface area contributed by atoms with Gasteiger partial charge in [0.05, 0.1) is 24.4 Å². The molecular formula is C29H25FN4O4S. The molecule has 1 amide bonds. The van der Waals surface area contributed by atoms with Crippen molar-refractivity contribution in [2.24, 2.45) is 0 Å². The van der Waals surface area contributed by atoms with Crippen LogP contribution >= 0.6 is 12.2 Å². The van der Waals surface area contributed by atoms with Gasteiger partial charge >= 0.3 is 5.97 Å². The SMILES string of the molecule is COC(=O)c1ccc(-c2ccc([C@@H]3[C@@H](c4ccccn4)NC(=S)N3CCC(=O)Nc3ccc(F)cc3)o2)cc1. The van der Waals surface area contributed by atoms with Gasteiger partial charge in [0.2, 0.25) is 5.91 Å². The molecule has 2 aromatic carbocycles. The molecule has 5 rings (SSSR count). The minimum atomic E-state index is -0.412. The molecule has 8 nitrogen and oxygen atoms in total. The van der Waals surface area contributed by atoms with E-state index in [2.05, 4.69) is 15.6 Å². The first kappa shape index (κ1) is 26.1. The smallest absolute Gasteiger partial charge is 0.337 e. The number of hydrogen-bond donors (Lipinski definition) is 2. The van der Waals surface area contributed by atoms with Gasteiger partial charge < -0.3 is 24.7 Å². The van der Waals surface area contributed by atoms with Crippen molar-refractivity contribution in [3.63, 3.8) is 0 Å². The second-order valence-corrected chi connectivity index (χ2v) is 9.28. The van der Waals surface area contributed by atoms with Crippen LogP contribution < -0.4 is 10.6 Å². The van der Waals surface area contributed by atoms with Crippen LogP contribution in [0.15, 0.2) is 89.5 Å². The van der Waals surface area contributed by atoms with Gasteiger partial charge in [-0.05, 0) is 72.9 Å². The Hall–Kier alpha value is -4.57. The summed E-state index contributed by atoms with van der Waals surface area (Å²) in [5, 5.41) is 6.59. The number of carbonyl (C=O) groups is 2. The summed E-state index contributed by atoms with van der Waals surface area (Å²) in [6, 6.07) is 21.3. The van der Waals surface area contributed by atoms with E-state index in [0.717, 1.165) is 11.3 Å². The van der Waals surface area contributed by atoms with Crippen molar-refractivity contribution >= 4 is 34.9 Å². The third kappa shape index (κ3) is 5.80. The van der Waals surface area contributed by atoms with E-state index in [1.54, 1.807) is 30.5 Å². The van der Waals surface area contributed by atoms with Gasteiger partial charge in [0, 0.05) is 30.4 Å².